The number of benzene rings is 1. The highest BCUT2D eigenvalue weighted by Gasteiger charge is 2.26. The van der Waals surface area contributed by atoms with Gasteiger partial charge < -0.3 is 15.0 Å². The number of hydrogen-bond acceptors (Lipinski definition) is 7. The zero-order valence-electron chi connectivity index (χ0n) is 19.2. The monoisotopic (exact) mass is 450 g/mol. The molecule has 2 aliphatic rings. The van der Waals surface area contributed by atoms with Gasteiger partial charge in [0.25, 0.3) is 0 Å². The van der Waals surface area contributed by atoms with Crippen molar-refractivity contribution < 1.29 is 14.3 Å². The van der Waals surface area contributed by atoms with Gasteiger partial charge in [-0.25, -0.2) is 9.78 Å². The molecule has 0 spiro atoms. The molecule has 0 aliphatic carbocycles. The largest absolute Gasteiger partial charge is 0.444 e. The molecule has 9 heteroatoms. The summed E-state index contributed by atoms with van der Waals surface area (Å²) in [6, 6.07) is 8.45. The minimum absolute atomic E-state index is 0.0525. The Hall–Kier alpha value is -3.46. The summed E-state index contributed by atoms with van der Waals surface area (Å²) in [6.07, 6.45) is 1.32. The minimum atomic E-state index is -0.380. The van der Waals surface area contributed by atoms with E-state index in [2.05, 4.69) is 51.0 Å². The average molecular weight is 451 g/mol. The lowest BCUT2D eigenvalue weighted by atomic mass is 10.1. The van der Waals surface area contributed by atoms with E-state index in [1.54, 1.807) is 13.1 Å². The highest BCUT2D eigenvalue weighted by Crippen LogP contribution is 2.25. The van der Waals surface area contributed by atoms with Crippen LogP contribution < -0.4 is 10.2 Å². The topological polar surface area (TPSA) is 90.9 Å². The van der Waals surface area contributed by atoms with Gasteiger partial charge in [-0.15, -0.1) is 0 Å². The minimum Gasteiger partial charge on any atom is -0.444 e. The lowest BCUT2D eigenvalue weighted by molar-refractivity contribution is -0.128. The molecule has 2 aliphatic heterocycles. The molecule has 0 saturated carbocycles. The van der Waals surface area contributed by atoms with Gasteiger partial charge in [-0.2, -0.15) is 4.98 Å². The van der Waals surface area contributed by atoms with Crippen LogP contribution in [-0.2, 0) is 29.2 Å². The quantitative estimate of drug-likeness (QED) is 0.649. The Kier molecular flexibility index (Phi) is 6.88. The molecular formula is C24H30N6O3. The zero-order valence-corrected chi connectivity index (χ0v) is 19.2. The van der Waals surface area contributed by atoms with Crippen LogP contribution in [0.4, 0.5) is 16.6 Å². The van der Waals surface area contributed by atoms with Gasteiger partial charge in [0.15, 0.2) is 0 Å². The van der Waals surface area contributed by atoms with Crippen LogP contribution in [0, 0.1) is 0 Å². The summed E-state index contributed by atoms with van der Waals surface area (Å²) in [6.45, 7) is 12.7. The molecular weight excluding hydrogens is 420 g/mol. The Morgan fingerprint density at radius 2 is 1.85 bits per heavy atom. The van der Waals surface area contributed by atoms with Crippen molar-refractivity contribution >= 4 is 23.8 Å². The van der Waals surface area contributed by atoms with Crippen molar-refractivity contribution in [3.63, 3.8) is 0 Å². The Labute approximate surface area is 194 Å². The lowest BCUT2D eigenvalue weighted by Crippen LogP contribution is -2.48. The summed E-state index contributed by atoms with van der Waals surface area (Å²) < 4.78 is 5.13. The van der Waals surface area contributed by atoms with Gasteiger partial charge in [-0.3, -0.25) is 14.6 Å². The smallest absolute Gasteiger partial charge is 0.415 e. The fraction of sp³-hybridized carbons (Fsp3) is 0.417. The number of carbonyl (C=O) groups excluding carboxylic acids is 2. The number of anilines is 2. The number of cyclic esters (lactones) is 1. The second-order valence-corrected chi connectivity index (χ2v) is 8.36. The first-order valence-electron chi connectivity index (χ1n) is 11.2. The first-order chi connectivity index (χ1) is 15.9. The molecule has 2 aromatic rings. The molecule has 1 saturated heterocycles. The van der Waals surface area contributed by atoms with Gasteiger partial charge in [-0.05, 0) is 25.0 Å². The number of fused-ring (bicyclic) bond motifs is 1. The first-order valence-corrected chi connectivity index (χ1v) is 11.2. The number of rotatable bonds is 7. The average Bonchev–Trinajstić information content (AvgIpc) is 2.83. The summed E-state index contributed by atoms with van der Waals surface area (Å²) in [4.78, 5) is 38.6. The Morgan fingerprint density at radius 3 is 2.52 bits per heavy atom. The van der Waals surface area contributed by atoms with Crippen LogP contribution in [0.2, 0.25) is 0 Å². The van der Waals surface area contributed by atoms with Crippen molar-refractivity contribution in [1.29, 1.82) is 0 Å². The Balaban J connectivity index is 1.29. The fourth-order valence-corrected chi connectivity index (χ4v) is 3.98. The van der Waals surface area contributed by atoms with E-state index in [1.165, 1.54) is 10.5 Å². The maximum atomic E-state index is 12.1. The summed E-state index contributed by atoms with van der Waals surface area (Å²) in [7, 11) is 0. The van der Waals surface area contributed by atoms with Gasteiger partial charge in [0.05, 0.1) is 5.56 Å². The van der Waals surface area contributed by atoms with Gasteiger partial charge in [-0.1, -0.05) is 30.8 Å². The summed E-state index contributed by atoms with van der Waals surface area (Å²) in [5.41, 5.74) is 3.75. The highest BCUT2D eigenvalue weighted by molar-refractivity contribution is 5.92. The summed E-state index contributed by atoms with van der Waals surface area (Å²) >= 11 is 0. The molecule has 33 heavy (non-hydrogen) atoms. The predicted octanol–water partition coefficient (Wildman–Crippen LogP) is 2.79. The number of nitrogens with zero attached hydrogens (tertiary/aromatic N) is 5. The van der Waals surface area contributed by atoms with E-state index in [1.807, 2.05) is 11.8 Å². The maximum Gasteiger partial charge on any atom is 0.415 e. The second kappa shape index (κ2) is 9.99. The van der Waals surface area contributed by atoms with E-state index in [9.17, 15) is 9.59 Å². The molecule has 1 aromatic heterocycles. The molecule has 1 fully saturated rings. The number of ether oxygens (including phenoxy) is 1. The SMILES string of the molecule is C=C(C)C(=O)N1CCN(Cc2ccc(CNc3ncc4c(n3)N(CC)C(=O)OC4)cc2)CC1. The van der Waals surface area contributed by atoms with E-state index in [4.69, 9.17) is 4.74 Å². The van der Waals surface area contributed by atoms with Gasteiger partial charge >= 0.3 is 6.09 Å². The number of aromatic nitrogens is 2. The van der Waals surface area contributed by atoms with Crippen LogP contribution in [0.3, 0.4) is 0 Å². The fourth-order valence-electron chi connectivity index (χ4n) is 3.98. The molecule has 0 atom stereocenters. The molecule has 4 rings (SSSR count). The maximum absolute atomic E-state index is 12.1. The summed E-state index contributed by atoms with van der Waals surface area (Å²) in [5, 5.41) is 3.24. The van der Waals surface area contributed by atoms with Crippen molar-refractivity contribution in [1.82, 2.24) is 19.8 Å². The predicted molar refractivity (Wildman–Crippen MR) is 126 cm³/mol. The van der Waals surface area contributed by atoms with Crippen molar-refractivity contribution in [2.75, 3.05) is 42.9 Å². The molecule has 0 unspecified atom stereocenters. The van der Waals surface area contributed by atoms with Gasteiger partial charge in [0.1, 0.15) is 12.4 Å². The second-order valence-electron chi connectivity index (χ2n) is 8.36. The van der Waals surface area contributed by atoms with Crippen LogP contribution in [0.25, 0.3) is 0 Å². The van der Waals surface area contributed by atoms with Crippen molar-refractivity contribution in [3.8, 4) is 0 Å². The molecule has 1 aromatic carbocycles. The molecule has 1 N–H and O–H groups in total. The van der Waals surface area contributed by atoms with E-state index in [0.29, 0.717) is 30.4 Å². The third-order valence-electron chi connectivity index (χ3n) is 5.89. The van der Waals surface area contributed by atoms with Gasteiger partial charge in [0.2, 0.25) is 11.9 Å². The number of nitrogens with one attached hydrogen (secondary N) is 1. The standard InChI is InChI=1S/C24H30N6O3/c1-4-30-21-20(16-33-24(30)32)14-26-23(27-21)25-13-18-5-7-19(8-6-18)15-28-9-11-29(12-10-28)22(31)17(2)3/h5-8,14H,2,4,9-13,15-16H2,1,3H3,(H,25,26,27). The molecule has 174 valence electrons. The van der Waals surface area contributed by atoms with Crippen molar-refractivity contribution in [2.24, 2.45) is 0 Å². The normalized spacial score (nSPS) is 16.2. The molecule has 9 nitrogen and oxygen atoms in total. The number of carbonyl (C=O) groups is 2. The van der Waals surface area contributed by atoms with Crippen molar-refractivity contribution in [3.05, 3.63) is 59.3 Å². The number of amides is 2. The Morgan fingerprint density at radius 1 is 1.15 bits per heavy atom. The van der Waals surface area contributed by atoms with E-state index in [-0.39, 0.29) is 18.6 Å². The first kappa shape index (κ1) is 22.7. The van der Waals surface area contributed by atoms with Crippen LogP contribution in [-0.4, -0.2) is 64.5 Å². The van der Waals surface area contributed by atoms with E-state index >= 15 is 0 Å². The Bertz CT molecular complexity index is 1030. The third-order valence-corrected chi connectivity index (χ3v) is 5.89. The summed E-state index contributed by atoms with van der Waals surface area (Å²) in [5.74, 6) is 1.14. The van der Waals surface area contributed by atoms with Gasteiger partial charge in [0, 0.05) is 57.6 Å². The lowest BCUT2D eigenvalue weighted by Gasteiger charge is -2.34. The van der Waals surface area contributed by atoms with Crippen LogP contribution in [0.5, 0.6) is 0 Å². The highest BCUT2D eigenvalue weighted by atomic mass is 16.6. The van der Waals surface area contributed by atoms with Crippen molar-refractivity contribution in [2.45, 2.75) is 33.5 Å². The zero-order chi connectivity index (χ0) is 23.4. The molecule has 0 bridgehead atoms. The van der Waals surface area contributed by atoms with E-state index < -0.39 is 0 Å². The number of hydrogen-bond donors (Lipinski definition) is 1. The van der Waals surface area contributed by atoms with Crippen LogP contribution in [0.1, 0.15) is 30.5 Å². The molecule has 3 heterocycles. The molecule has 0 radical (unpaired) electrons. The number of piperazine rings is 1. The molecule has 2 amide bonds. The third kappa shape index (κ3) is 5.31. The van der Waals surface area contributed by atoms with Crippen LogP contribution in [0.15, 0.2) is 42.6 Å². The van der Waals surface area contributed by atoms with Crippen LogP contribution >= 0.6 is 0 Å². The van der Waals surface area contributed by atoms with E-state index in [0.717, 1.165) is 43.9 Å².